The number of hydrogen-bond acceptors (Lipinski definition) is 5. The Kier molecular flexibility index (Phi) is 4.67. The molecule has 4 aromatic rings. The van der Waals surface area contributed by atoms with E-state index < -0.39 is 0 Å². The Morgan fingerprint density at radius 1 is 1.00 bits per heavy atom. The van der Waals surface area contributed by atoms with Crippen molar-refractivity contribution in [3.8, 4) is 17.1 Å². The van der Waals surface area contributed by atoms with Gasteiger partial charge in [0.1, 0.15) is 6.54 Å². The average molecular weight is 373 g/mol. The number of nitrogens with zero attached hydrogens (tertiary/aromatic N) is 6. The zero-order chi connectivity index (χ0) is 19.5. The molecule has 0 atom stereocenters. The molecule has 0 aliphatic rings. The molecular weight excluding hydrogens is 354 g/mol. The summed E-state index contributed by atoms with van der Waals surface area (Å²) in [5.74, 6) is 0.238. The van der Waals surface area contributed by atoms with Crippen LogP contribution < -0.4 is 5.32 Å². The smallest absolute Gasteiger partial charge is 0.248 e. The minimum atomic E-state index is -0.244. The first kappa shape index (κ1) is 17.6. The summed E-state index contributed by atoms with van der Waals surface area (Å²) >= 11 is 0. The molecule has 0 saturated carbocycles. The maximum Gasteiger partial charge on any atom is 0.248 e. The fourth-order valence-corrected chi connectivity index (χ4v) is 2.97. The number of aryl methyl sites for hydroxylation is 2. The third-order valence-electron chi connectivity index (χ3n) is 4.19. The van der Waals surface area contributed by atoms with Crippen LogP contribution in [0.3, 0.4) is 0 Å². The van der Waals surface area contributed by atoms with E-state index in [9.17, 15) is 4.79 Å². The van der Waals surface area contributed by atoms with Crippen LogP contribution in [0.15, 0.2) is 60.7 Å². The van der Waals surface area contributed by atoms with E-state index in [0.717, 1.165) is 22.6 Å². The van der Waals surface area contributed by atoms with Gasteiger partial charge in [-0.25, -0.2) is 4.68 Å². The molecule has 4 rings (SSSR count). The summed E-state index contributed by atoms with van der Waals surface area (Å²) in [5.41, 5.74) is 4.23. The number of para-hydroxylation sites is 2. The molecule has 0 bridgehead atoms. The molecule has 8 heteroatoms. The van der Waals surface area contributed by atoms with Crippen molar-refractivity contribution in [3.05, 3.63) is 72.1 Å². The van der Waals surface area contributed by atoms with Crippen molar-refractivity contribution in [2.24, 2.45) is 0 Å². The van der Waals surface area contributed by atoms with Crippen molar-refractivity contribution in [1.82, 2.24) is 30.0 Å². The number of carbonyl (C=O) groups is 1. The Bertz CT molecular complexity index is 1110. The van der Waals surface area contributed by atoms with Gasteiger partial charge in [0.25, 0.3) is 0 Å². The highest BCUT2D eigenvalue weighted by atomic mass is 16.2. The summed E-state index contributed by atoms with van der Waals surface area (Å²) < 4.78 is 1.81. The van der Waals surface area contributed by atoms with Crippen molar-refractivity contribution in [2.75, 3.05) is 5.32 Å². The van der Waals surface area contributed by atoms with Crippen molar-refractivity contribution in [3.63, 3.8) is 0 Å². The molecule has 0 spiro atoms. The summed E-state index contributed by atoms with van der Waals surface area (Å²) in [4.78, 5) is 13.8. The van der Waals surface area contributed by atoms with Crippen LogP contribution in [0.2, 0.25) is 0 Å². The Morgan fingerprint density at radius 3 is 2.50 bits per heavy atom. The standard InChI is InChI=1S/C20H19N7O/c1-14-12-15(2)27(23-14)18-11-7-6-10-17(18)21-19(28)13-26-24-20(22-25-26)16-8-4-3-5-9-16/h3-12H,13H2,1-2H3,(H,21,28). The molecule has 2 aromatic heterocycles. The first-order valence-electron chi connectivity index (χ1n) is 8.86. The van der Waals surface area contributed by atoms with E-state index in [2.05, 4.69) is 25.8 Å². The normalized spacial score (nSPS) is 10.8. The predicted octanol–water partition coefficient (Wildman–Crippen LogP) is 2.78. The molecule has 1 N–H and O–H groups in total. The lowest BCUT2D eigenvalue weighted by atomic mass is 10.2. The maximum absolute atomic E-state index is 12.5. The van der Waals surface area contributed by atoms with Crippen LogP contribution >= 0.6 is 0 Å². The zero-order valence-electron chi connectivity index (χ0n) is 15.6. The van der Waals surface area contributed by atoms with Crippen molar-refractivity contribution < 1.29 is 4.79 Å². The van der Waals surface area contributed by atoms with Gasteiger partial charge < -0.3 is 5.32 Å². The van der Waals surface area contributed by atoms with Crippen molar-refractivity contribution in [1.29, 1.82) is 0 Å². The van der Waals surface area contributed by atoms with Crippen LogP contribution in [0.1, 0.15) is 11.4 Å². The Morgan fingerprint density at radius 2 is 1.75 bits per heavy atom. The highest BCUT2D eigenvalue weighted by Crippen LogP contribution is 2.21. The first-order valence-corrected chi connectivity index (χ1v) is 8.86. The van der Waals surface area contributed by atoms with E-state index in [1.807, 2.05) is 79.2 Å². The van der Waals surface area contributed by atoms with Crippen molar-refractivity contribution in [2.45, 2.75) is 20.4 Å². The molecule has 0 aliphatic carbocycles. The highest BCUT2D eigenvalue weighted by Gasteiger charge is 2.13. The Hall–Kier alpha value is -3.81. The third kappa shape index (κ3) is 3.66. The number of rotatable bonds is 5. The van der Waals surface area contributed by atoms with Gasteiger partial charge in [-0.1, -0.05) is 42.5 Å². The summed E-state index contributed by atoms with van der Waals surface area (Å²) in [6.07, 6.45) is 0. The molecule has 0 radical (unpaired) electrons. The Balaban J connectivity index is 1.51. The molecule has 140 valence electrons. The number of aromatic nitrogens is 6. The fourth-order valence-electron chi connectivity index (χ4n) is 2.97. The second-order valence-corrected chi connectivity index (χ2v) is 6.41. The fraction of sp³-hybridized carbons (Fsp3) is 0.150. The first-order chi connectivity index (χ1) is 13.6. The molecule has 28 heavy (non-hydrogen) atoms. The number of hydrogen-bond donors (Lipinski definition) is 1. The van der Waals surface area contributed by atoms with Gasteiger partial charge >= 0.3 is 0 Å². The van der Waals surface area contributed by atoms with Gasteiger partial charge in [0.05, 0.1) is 17.1 Å². The number of carbonyl (C=O) groups excluding carboxylic acids is 1. The van der Waals surface area contributed by atoms with Gasteiger partial charge in [0.2, 0.25) is 11.7 Å². The van der Waals surface area contributed by atoms with Crippen LogP contribution in [0.5, 0.6) is 0 Å². The number of anilines is 1. The van der Waals surface area contributed by atoms with Crippen LogP contribution in [-0.4, -0.2) is 35.9 Å². The lowest BCUT2D eigenvalue weighted by Gasteiger charge is -2.12. The number of benzene rings is 2. The number of nitrogens with one attached hydrogen (secondary N) is 1. The van der Waals surface area contributed by atoms with Crippen LogP contribution in [-0.2, 0) is 11.3 Å². The van der Waals surface area contributed by atoms with E-state index in [1.165, 1.54) is 4.80 Å². The summed E-state index contributed by atoms with van der Waals surface area (Å²) in [6.45, 7) is 3.87. The summed E-state index contributed by atoms with van der Waals surface area (Å²) in [5, 5.41) is 19.7. The van der Waals surface area contributed by atoms with E-state index in [4.69, 9.17) is 0 Å². The van der Waals surface area contributed by atoms with Crippen molar-refractivity contribution >= 4 is 11.6 Å². The van der Waals surface area contributed by atoms with Crippen LogP contribution in [0, 0.1) is 13.8 Å². The van der Waals surface area contributed by atoms with Gasteiger partial charge in [-0.2, -0.15) is 9.90 Å². The van der Waals surface area contributed by atoms with E-state index in [-0.39, 0.29) is 12.5 Å². The topological polar surface area (TPSA) is 90.5 Å². The molecule has 2 aromatic carbocycles. The second-order valence-electron chi connectivity index (χ2n) is 6.41. The summed E-state index contributed by atoms with van der Waals surface area (Å²) in [6, 6.07) is 19.0. The van der Waals surface area contributed by atoms with Gasteiger partial charge in [-0.05, 0) is 37.3 Å². The van der Waals surface area contributed by atoms with Crippen LogP contribution in [0.4, 0.5) is 5.69 Å². The molecule has 0 unspecified atom stereocenters. The monoisotopic (exact) mass is 373 g/mol. The molecule has 2 heterocycles. The average Bonchev–Trinajstić information content (AvgIpc) is 3.29. The molecule has 8 nitrogen and oxygen atoms in total. The van der Waals surface area contributed by atoms with E-state index >= 15 is 0 Å². The minimum absolute atomic E-state index is 0.0364. The van der Waals surface area contributed by atoms with Gasteiger partial charge in [-0.15, -0.1) is 10.2 Å². The number of amides is 1. The van der Waals surface area contributed by atoms with E-state index in [1.54, 1.807) is 0 Å². The molecule has 0 aliphatic heterocycles. The largest absolute Gasteiger partial charge is 0.323 e. The van der Waals surface area contributed by atoms with Gasteiger partial charge in [0.15, 0.2) is 0 Å². The Labute approximate surface area is 161 Å². The molecule has 0 saturated heterocycles. The zero-order valence-corrected chi connectivity index (χ0v) is 15.6. The second kappa shape index (κ2) is 7.43. The molecule has 1 amide bonds. The highest BCUT2D eigenvalue weighted by molar-refractivity contribution is 5.92. The lowest BCUT2D eigenvalue weighted by Crippen LogP contribution is -2.21. The maximum atomic E-state index is 12.5. The van der Waals surface area contributed by atoms with Crippen LogP contribution in [0.25, 0.3) is 17.1 Å². The minimum Gasteiger partial charge on any atom is -0.323 e. The lowest BCUT2D eigenvalue weighted by molar-refractivity contribution is -0.117. The van der Waals surface area contributed by atoms with Gasteiger partial charge in [0, 0.05) is 11.3 Å². The third-order valence-corrected chi connectivity index (χ3v) is 4.19. The quantitative estimate of drug-likeness (QED) is 0.581. The SMILES string of the molecule is Cc1cc(C)n(-c2ccccc2NC(=O)Cn2nnc(-c3ccccc3)n2)n1. The summed E-state index contributed by atoms with van der Waals surface area (Å²) in [7, 11) is 0. The molecular formula is C20H19N7O. The predicted molar refractivity (Wildman–Crippen MR) is 105 cm³/mol. The number of tetrazole rings is 1. The van der Waals surface area contributed by atoms with Gasteiger partial charge in [-0.3, -0.25) is 4.79 Å². The molecule has 0 fully saturated rings. The van der Waals surface area contributed by atoms with E-state index in [0.29, 0.717) is 11.5 Å².